The number of likely N-dealkylation sites (tertiary alicyclic amines) is 1. The molecule has 6 heteroatoms. The van der Waals surface area contributed by atoms with E-state index in [9.17, 15) is 4.79 Å². The molecule has 1 aliphatic heterocycles. The van der Waals surface area contributed by atoms with Crippen molar-refractivity contribution in [3.05, 3.63) is 48.3 Å². The van der Waals surface area contributed by atoms with Crippen LogP contribution < -0.4 is 10.1 Å². The monoisotopic (exact) mass is 370 g/mol. The second-order valence-corrected chi connectivity index (χ2v) is 7.26. The molecular formula is C21H30N4O2. The van der Waals surface area contributed by atoms with Gasteiger partial charge in [-0.2, -0.15) is 5.10 Å². The summed E-state index contributed by atoms with van der Waals surface area (Å²) in [5.41, 5.74) is 1.01. The number of ether oxygens (including phenoxy) is 1. The maximum atomic E-state index is 12.2. The Morgan fingerprint density at radius 3 is 2.89 bits per heavy atom. The third-order valence-corrected chi connectivity index (χ3v) is 5.14. The van der Waals surface area contributed by atoms with Crippen molar-refractivity contribution in [3.63, 3.8) is 0 Å². The number of piperidine rings is 1. The number of carbonyl (C=O) groups excluding carboxylic acids is 1. The number of hydrogen-bond donors (Lipinski definition) is 1. The maximum Gasteiger partial charge on any atom is 0.224 e. The quantitative estimate of drug-likeness (QED) is 0.736. The molecule has 1 fully saturated rings. The van der Waals surface area contributed by atoms with E-state index in [4.69, 9.17) is 4.74 Å². The Kier molecular flexibility index (Phi) is 7.27. The van der Waals surface area contributed by atoms with E-state index in [1.165, 1.54) is 12.8 Å². The molecule has 1 aliphatic rings. The number of rotatable bonds is 9. The number of amides is 1. The predicted molar refractivity (Wildman–Crippen MR) is 106 cm³/mol. The zero-order chi connectivity index (χ0) is 18.9. The molecule has 0 bridgehead atoms. The van der Waals surface area contributed by atoms with Gasteiger partial charge in [-0.15, -0.1) is 0 Å². The highest BCUT2D eigenvalue weighted by Gasteiger charge is 2.20. The summed E-state index contributed by atoms with van der Waals surface area (Å²) in [6, 6.07) is 9.64. The normalized spacial score (nSPS) is 17.6. The van der Waals surface area contributed by atoms with Crippen LogP contribution in [0.25, 0.3) is 0 Å². The number of nitrogens with one attached hydrogen (secondary N) is 1. The standard InChI is InChI=1S/C21H30N4O2/c1-27-20-8-6-18(7-9-20)15-21(26)22-16-19-5-2-11-24(17-19)12-4-14-25-13-3-10-23-25/h3,6-10,13,19H,2,4-5,11-12,14-17H2,1H3,(H,22,26)/t19-/m0/s1. The fourth-order valence-corrected chi connectivity index (χ4v) is 3.66. The largest absolute Gasteiger partial charge is 0.497 e. The van der Waals surface area contributed by atoms with Gasteiger partial charge in [0, 0.05) is 32.0 Å². The lowest BCUT2D eigenvalue weighted by Gasteiger charge is -2.32. The number of hydrogen-bond acceptors (Lipinski definition) is 4. The zero-order valence-electron chi connectivity index (χ0n) is 16.1. The van der Waals surface area contributed by atoms with E-state index in [2.05, 4.69) is 15.3 Å². The second kappa shape index (κ2) is 10.1. The highest BCUT2D eigenvalue weighted by Crippen LogP contribution is 2.16. The number of nitrogens with zero attached hydrogens (tertiary/aromatic N) is 3. The van der Waals surface area contributed by atoms with Gasteiger partial charge in [-0.3, -0.25) is 9.48 Å². The highest BCUT2D eigenvalue weighted by atomic mass is 16.5. The summed E-state index contributed by atoms with van der Waals surface area (Å²) in [5.74, 6) is 1.45. The van der Waals surface area contributed by atoms with Gasteiger partial charge in [-0.25, -0.2) is 0 Å². The summed E-state index contributed by atoms with van der Waals surface area (Å²) < 4.78 is 7.14. The third-order valence-electron chi connectivity index (χ3n) is 5.14. The predicted octanol–water partition coefficient (Wildman–Crippen LogP) is 2.35. The minimum absolute atomic E-state index is 0.0935. The van der Waals surface area contributed by atoms with Crippen molar-refractivity contribution < 1.29 is 9.53 Å². The van der Waals surface area contributed by atoms with Gasteiger partial charge in [0.05, 0.1) is 13.5 Å². The van der Waals surface area contributed by atoms with Gasteiger partial charge in [-0.05, 0) is 62.0 Å². The van der Waals surface area contributed by atoms with Crippen molar-refractivity contribution in [1.29, 1.82) is 0 Å². The molecule has 1 aromatic heterocycles. The molecule has 3 rings (SSSR count). The first kappa shape index (κ1) is 19.4. The number of aryl methyl sites for hydroxylation is 1. The van der Waals surface area contributed by atoms with Gasteiger partial charge in [0.15, 0.2) is 0 Å². The molecule has 1 aromatic carbocycles. The first-order chi connectivity index (χ1) is 13.2. The molecule has 0 unspecified atom stereocenters. The van der Waals surface area contributed by atoms with Crippen molar-refractivity contribution in [2.45, 2.75) is 32.2 Å². The number of aromatic nitrogens is 2. The lowest BCUT2D eigenvalue weighted by atomic mass is 9.97. The van der Waals surface area contributed by atoms with Crippen LogP contribution in [0.4, 0.5) is 0 Å². The molecule has 0 spiro atoms. The molecule has 1 amide bonds. The number of carbonyl (C=O) groups is 1. The molecular weight excluding hydrogens is 340 g/mol. The molecule has 2 aromatic rings. The van der Waals surface area contributed by atoms with Crippen molar-refractivity contribution >= 4 is 5.91 Å². The van der Waals surface area contributed by atoms with Crippen LogP contribution in [0.5, 0.6) is 5.75 Å². The van der Waals surface area contributed by atoms with Crippen LogP contribution >= 0.6 is 0 Å². The second-order valence-electron chi connectivity index (χ2n) is 7.26. The van der Waals surface area contributed by atoms with Crippen molar-refractivity contribution in [1.82, 2.24) is 20.0 Å². The molecule has 6 nitrogen and oxygen atoms in total. The summed E-state index contributed by atoms with van der Waals surface area (Å²) in [6.07, 6.45) is 7.77. The lowest BCUT2D eigenvalue weighted by Crippen LogP contribution is -2.41. The van der Waals surface area contributed by atoms with E-state index in [0.29, 0.717) is 12.3 Å². The third kappa shape index (κ3) is 6.40. The smallest absolute Gasteiger partial charge is 0.224 e. The van der Waals surface area contributed by atoms with Crippen LogP contribution in [0.15, 0.2) is 42.7 Å². The van der Waals surface area contributed by atoms with Crippen LogP contribution in [-0.2, 0) is 17.8 Å². The van der Waals surface area contributed by atoms with Crippen LogP contribution in [0.1, 0.15) is 24.8 Å². The van der Waals surface area contributed by atoms with E-state index >= 15 is 0 Å². The minimum atomic E-state index is 0.0935. The Morgan fingerprint density at radius 2 is 2.15 bits per heavy atom. The Bertz CT molecular complexity index is 685. The number of benzene rings is 1. The summed E-state index contributed by atoms with van der Waals surface area (Å²) in [6.45, 7) is 5.06. The summed E-state index contributed by atoms with van der Waals surface area (Å²) in [4.78, 5) is 14.7. The molecule has 0 saturated carbocycles. The molecule has 1 saturated heterocycles. The number of methoxy groups -OCH3 is 1. The molecule has 146 valence electrons. The maximum absolute atomic E-state index is 12.2. The molecule has 1 atom stereocenters. The SMILES string of the molecule is COc1ccc(CC(=O)NC[C@@H]2CCCN(CCCn3cccn3)C2)cc1. The average molecular weight is 370 g/mol. The van der Waals surface area contributed by atoms with Gasteiger partial charge in [0.25, 0.3) is 0 Å². The molecule has 0 aliphatic carbocycles. The van der Waals surface area contributed by atoms with E-state index in [1.54, 1.807) is 7.11 Å². The van der Waals surface area contributed by atoms with Crippen molar-refractivity contribution in [2.75, 3.05) is 33.3 Å². The average Bonchev–Trinajstić information content (AvgIpc) is 3.21. The molecule has 0 radical (unpaired) electrons. The Hall–Kier alpha value is -2.34. The topological polar surface area (TPSA) is 59.4 Å². The van der Waals surface area contributed by atoms with Crippen LogP contribution in [0, 0.1) is 5.92 Å². The highest BCUT2D eigenvalue weighted by molar-refractivity contribution is 5.78. The summed E-state index contributed by atoms with van der Waals surface area (Å²) >= 11 is 0. The fraction of sp³-hybridized carbons (Fsp3) is 0.524. The zero-order valence-corrected chi connectivity index (χ0v) is 16.1. The fourth-order valence-electron chi connectivity index (χ4n) is 3.66. The van der Waals surface area contributed by atoms with Crippen molar-refractivity contribution in [2.24, 2.45) is 5.92 Å². The van der Waals surface area contributed by atoms with E-state index < -0.39 is 0 Å². The van der Waals surface area contributed by atoms with Gasteiger partial charge in [-0.1, -0.05) is 12.1 Å². The van der Waals surface area contributed by atoms with E-state index in [1.807, 2.05) is 47.4 Å². The van der Waals surface area contributed by atoms with Gasteiger partial charge in [0.2, 0.25) is 5.91 Å². The van der Waals surface area contributed by atoms with Gasteiger partial charge >= 0.3 is 0 Å². The molecule has 2 heterocycles. The summed E-state index contributed by atoms with van der Waals surface area (Å²) in [5, 5.41) is 7.37. The lowest BCUT2D eigenvalue weighted by molar-refractivity contribution is -0.120. The van der Waals surface area contributed by atoms with Crippen molar-refractivity contribution in [3.8, 4) is 5.75 Å². The first-order valence-corrected chi connectivity index (χ1v) is 9.82. The Balaban J connectivity index is 1.35. The van der Waals surface area contributed by atoms with E-state index in [0.717, 1.165) is 50.5 Å². The van der Waals surface area contributed by atoms with Gasteiger partial charge in [0.1, 0.15) is 5.75 Å². The Labute approximate surface area is 161 Å². The van der Waals surface area contributed by atoms with Gasteiger partial charge < -0.3 is 15.0 Å². The van der Waals surface area contributed by atoms with E-state index in [-0.39, 0.29) is 5.91 Å². The molecule has 27 heavy (non-hydrogen) atoms. The minimum Gasteiger partial charge on any atom is -0.497 e. The first-order valence-electron chi connectivity index (χ1n) is 9.82. The van der Waals surface area contributed by atoms with Crippen LogP contribution in [0.3, 0.4) is 0 Å². The molecule has 1 N–H and O–H groups in total. The van der Waals surface area contributed by atoms with Crippen LogP contribution in [0.2, 0.25) is 0 Å². The Morgan fingerprint density at radius 1 is 1.30 bits per heavy atom. The van der Waals surface area contributed by atoms with Crippen LogP contribution in [-0.4, -0.2) is 53.9 Å². The summed E-state index contributed by atoms with van der Waals surface area (Å²) in [7, 11) is 1.65.